The van der Waals surface area contributed by atoms with E-state index in [-0.39, 0.29) is 0 Å². The number of unbranched alkanes of at least 4 members (excludes halogenated alkanes) is 4. The zero-order chi connectivity index (χ0) is 21.3. The van der Waals surface area contributed by atoms with E-state index in [4.69, 9.17) is 0 Å². The molecule has 0 aliphatic heterocycles. The van der Waals surface area contributed by atoms with Crippen molar-refractivity contribution in [2.75, 3.05) is 6.54 Å². The molecule has 1 aromatic heterocycles. The second-order valence-corrected chi connectivity index (χ2v) is 7.93. The highest BCUT2D eigenvalue weighted by Gasteiger charge is 2.01. The molecule has 0 saturated heterocycles. The van der Waals surface area contributed by atoms with Gasteiger partial charge in [0.25, 0.3) is 0 Å². The van der Waals surface area contributed by atoms with Crippen molar-refractivity contribution in [3.05, 3.63) is 77.2 Å². The van der Waals surface area contributed by atoms with E-state index < -0.39 is 0 Å². The van der Waals surface area contributed by atoms with Crippen molar-refractivity contribution in [2.45, 2.75) is 79.7 Å². The third kappa shape index (κ3) is 13.6. The molecule has 0 saturated carbocycles. The smallest absolute Gasteiger partial charge is 0.171 e. The van der Waals surface area contributed by atoms with Gasteiger partial charge in [-0.05, 0) is 78.4 Å². The van der Waals surface area contributed by atoms with Crippen LogP contribution in [0.15, 0.2) is 71.1 Å². The molecule has 29 heavy (non-hydrogen) atoms. The second-order valence-electron chi connectivity index (χ2n) is 7.93. The average molecular weight is 394 g/mol. The largest absolute Gasteiger partial charge is 0.293 e. The minimum absolute atomic E-state index is 0.919. The Hall–Kier alpha value is -2.22. The van der Waals surface area contributed by atoms with Crippen LogP contribution in [0.4, 0.5) is 0 Å². The van der Waals surface area contributed by atoms with E-state index in [0.717, 1.165) is 32.4 Å². The summed E-state index contributed by atoms with van der Waals surface area (Å²) in [7, 11) is 0. The normalized spacial score (nSPS) is 13.4. The Morgan fingerprint density at radius 3 is 2.14 bits per heavy atom. The summed E-state index contributed by atoms with van der Waals surface area (Å²) in [5, 5.41) is 0. The first-order chi connectivity index (χ1) is 14.0. The molecule has 0 unspecified atom stereocenters. The zero-order valence-corrected chi connectivity index (χ0v) is 19.3. The van der Waals surface area contributed by atoms with Gasteiger partial charge in [0, 0.05) is 30.3 Å². The molecular formula is C27H41N2+. The zero-order valence-electron chi connectivity index (χ0n) is 19.3. The predicted molar refractivity (Wildman–Crippen MR) is 129 cm³/mol. The first-order valence-corrected chi connectivity index (χ1v) is 11.1. The summed E-state index contributed by atoms with van der Waals surface area (Å²) in [4.78, 5) is 4.51. The first kappa shape index (κ1) is 24.8. The number of aliphatic imine (C=N–C) groups is 1. The van der Waals surface area contributed by atoms with E-state index in [1.807, 2.05) is 6.21 Å². The van der Waals surface area contributed by atoms with Gasteiger partial charge in [0.15, 0.2) is 12.4 Å². The number of rotatable bonds is 13. The number of allylic oxidation sites excluding steroid dienone is 8. The lowest BCUT2D eigenvalue weighted by atomic mass is 10.2. The van der Waals surface area contributed by atoms with Crippen molar-refractivity contribution in [1.29, 1.82) is 0 Å². The molecule has 0 aliphatic carbocycles. The van der Waals surface area contributed by atoms with Crippen LogP contribution in [0, 0.1) is 13.8 Å². The van der Waals surface area contributed by atoms with Gasteiger partial charge in [0.05, 0.1) is 0 Å². The molecule has 0 bridgehead atoms. The summed E-state index contributed by atoms with van der Waals surface area (Å²) in [6.45, 7) is 12.6. The lowest BCUT2D eigenvalue weighted by molar-refractivity contribution is -0.698. The monoisotopic (exact) mass is 393 g/mol. The minimum atomic E-state index is 0.919. The SMILES string of the molecule is C\C=C(C)/C=C(C)\C=N\CCCC/C=C\C=C/CCCC[n+]1cc(C)cc(C)c1. The topological polar surface area (TPSA) is 16.2 Å². The maximum absolute atomic E-state index is 4.51. The maximum atomic E-state index is 4.51. The Kier molecular flexibility index (Phi) is 13.4. The minimum Gasteiger partial charge on any atom is -0.293 e. The molecule has 0 aromatic carbocycles. The van der Waals surface area contributed by atoms with E-state index in [0.29, 0.717) is 0 Å². The van der Waals surface area contributed by atoms with E-state index in [2.05, 4.69) is 99.1 Å². The van der Waals surface area contributed by atoms with Crippen molar-refractivity contribution in [3.63, 3.8) is 0 Å². The van der Waals surface area contributed by atoms with Crippen LogP contribution in [0.5, 0.6) is 0 Å². The number of hydrogen-bond donors (Lipinski definition) is 0. The van der Waals surface area contributed by atoms with Crippen LogP contribution in [0.1, 0.15) is 70.4 Å². The summed E-state index contributed by atoms with van der Waals surface area (Å²) in [5.41, 5.74) is 5.19. The van der Waals surface area contributed by atoms with Crippen molar-refractivity contribution >= 4 is 6.21 Å². The first-order valence-electron chi connectivity index (χ1n) is 11.1. The van der Waals surface area contributed by atoms with Crippen molar-refractivity contribution < 1.29 is 4.57 Å². The van der Waals surface area contributed by atoms with Gasteiger partial charge in [0.1, 0.15) is 6.54 Å². The molecule has 0 radical (unpaired) electrons. The Morgan fingerprint density at radius 1 is 0.897 bits per heavy atom. The molecule has 1 rings (SSSR count). The van der Waals surface area contributed by atoms with Gasteiger partial charge in [-0.15, -0.1) is 0 Å². The van der Waals surface area contributed by atoms with E-state index >= 15 is 0 Å². The third-order valence-corrected chi connectivity index (χ3v) is 4.73. The number of pyridine rings is 1. The van der Waals surface area contributed by atoms with Crippen molar-refractivity contribution in [1.82, 2.24) is 0 Å². The Balaban J connectivity index is 2.04. The summed E-state index contributed by atoms with van der Waals surface area (Å²) in [5.74, 6) is 0. The van der Waals surface area contributed by atoms with Crippen molar-refractivity contribution in [2.24, 2.45) is 4.99 Å². The maximum Gasteiger partial charge on any atom is 0.171 e. The van der Waals surface area contributed by atoms with E-state index in [1.165, 1.54) is 41.5 Å². The van der Waals surface area contributed by atoms with Crippen LogP contribution < -0.4 is 4.57 Å². The molecule has 1 heterocycles. The van der Waals surface area contributed by atoms with Crippen LogP contribution in [0.3, 0.4) is 0 Å². The van der Waals surface area contributed by atoms with Gasteiger partial charge >= 0.3 is 0 Å². The number of aryl methyl sites for hydroxylation is 3. The van der Waals surface area contributed by atoms with E-state index in [1.54, 1.807) is 0 Å². The fourth-order valence-corrected chi connectivity index (χ4v) is 3.18. The van der Waals surface area contributed by atoms with Gasteiger partial charge in [-0.25, -0.2) is 4.57 Å². The molecule has 0 aliphatic rings. The summed E-state index contributed by atoms with van der Waals surface area (Å²) >= 11 is 0. The Morgan fingerprint density at radius 2 is 1.52 bits per heavy atom. The molecule has 0 atom stereocenters. The summed E-state index contributed by atoms with van der Waals surface area (Å²) in [6.07, 6.45) is 26.8. The van der Waals surface area contributed by atoms with Crippen LogP contribution in [-0.4, -0.2) is 12.8 Å². The highest BCUT2D eigenvalue weighted by molar-refractivity contribution is 5.78. The highest BCUT2D eigenvalue weighted by Crippen LogP contribution is 2.02. The quantitative estimate of drug-likeness (QED) is 0.148. The van der Waals surface area contributed by atoms with Gasteiger partial charge in [0.2, 0.25) is 0 Å². The fraction of sp³-hybridized carbons (Fsp3) is 0.481. The molecule has 1 aromatic rings. The van der Waals surface area contributed by atoms with Gasteiger partial charge in [-0.3, -0.25) is 4.99 Å². The molecule has 0 fully saturated rings. The summed E-state index contributed by atoms with van der Waals surface area (Å²) in [6, 6.07) is 2.23. The van der Waals surface area contributed by atoms with Gasteiger partial charge in [-0.1, -0.05) is 42.0 Å². The van der Waals surface area contributed by atoms with Crippen LogP contribution >= 0.6 is 0 Å². The van der Waals surface area contributed by atoms with E-state index in [9.17, 15) is 0 Å². The Bertz CT molecular complexity index is 713. The lowest BCUT2D eigenvalue weighted by Gasteiger charge is -1.99. The molecule has 2 nitrogen and oxygen atoms in total. The van der Waals surface area contributed by atoms with Crippen LogP contribution in [0.25, 0.3) is 0 Å². The number of hydrogen-bond acceptors (Lipinski definition) is 1. The number of nitrogens with zero attached hydrogens (tertiary/aromatic N) is 2. The standard InChI is InChI=1S/C27H41N2/c1-6-24(2)19-25(3)21-28-17-15-13-11-9-7-8-10-12-14-16-18-29-22-26(4)20-27(5)23-29/h6-10,19-23H,11-18H2,1-5H3/q+1/b9-7-,10-8-,24-6-,25-19-,28-21+. The molecule has 0 spiro atoms. The molecule has 0 N–H and O–H groups in total. The highest BCUT2D eigenvalue weighted by atomic mass is 14.9. The van der Waals surface area contributed by atoms with Crippen LogP contribution in [0.2, 0.25) is 0 Å². The van der Waals surface area contributed by atoms with Gasteiger partial charge < -0.3 is 0 Å². The third-order valence-electron chi connectivity index (χ3n) is 4.73. The average Bonchev–Trinajstić information content (AvgIpc) is 2.67. The number of aromatic nitrogens is 1. The fourth-order valence-electron chi connectivity index (χ4n) is 3.18. The van der Waals surface area contributed by atoms with Crippen LogP contribution in [-0.2, 0) is 6.54 Å². The molecule has 0 amide bonds. The predicted octanol–water partition coefficient (Wildman–Crippen LogP) is 7.03. The van der Waals surface area contributed by atoms with Crippen molar-refractivity contribution in [3.8, 4) is 0 Å². The molecule has 2 heteroatoms. The Labute approximate surface area is 179 Å². The summed E-state index contributed by atoms with van der Waals surface area (Å²) < 4.78 is 2.32. The van der Waals surface area contributed by atoms with Gasteiger partial charge in [-0.2, -0.15) is 0 Å². The lowest BCUT2D eigenvalue weighted by Crippen LogP contribution is -2.33. The molecular weight excluding hydrogens is 352 g/mol. The molecule has 158 valence electrons. The second kappa shape index (κ2) is 15.7.